The molecule has 2 N–H and O–H groups in total. The Kier molecular flexibility index (Phi) is 7.79. The van der Waals surface area contributed by atoms with Gasteiger partial charge in [-0.25, -0.2) is 0 Å². The minimum Gasteiger partial charge on any atom is -0.497 e. The molecule has 1 fully saturated rings. The van der Waals surface area contributed by atoms with Crippen LogP contribution in [0.25, 0.3) is 0 Å². The Bertz CT molecular complexity index is 834. The Morgan fingerprint density at radius 3 is 2.47 bits per heavy atom. The molecule has 1 aliphatic rings. The summed E-state index contributed by atoms with van der Waals surface area (Å²) in [6.07, 6.45) is 1.07. The third kappa shape index (κ3) is 5.79. The number of nitrogens with one attached hydrogen (secondary N) is 2. The van der Waals surface area contributed by atoms with Gasteiger partial charge in [0.15, 0.2) is 5.96 Å². The summed E-state index contributed by atoms with van der Waals surface area (Å²) in [5.74, 6) is 3.32. The first-order chi connectivity index (χ1) is 14.6. The quantitative estimate of drug-likeness (QED) is 0.513. The lowest BCUT2D eigenvalue weighted by atomic mass is 10.2. The highest BCUT2D eigenvalue weighted by Crippen LogP contribution is 2.24. The van der Waals surface area contributed by atoms with Crippen molar-refractivity contribution in [3.05, 3.63) is 53.6 Å². The molecule has 2 aromatic carbocycles. The van der Waals surface area contributed by atoms with Gasteiger partial charge in [0.2, 0.25) is 0 Å². The molecule has 2 aromatic rings. The van der Waals surface area contributed by atoms with Crippen LogP contribution in [0, 0.1) is 0 Å². The van der Waals surface area contributed by atoms with Crippen molar-refractivity contribution < 1.29 is 14.2 Å². The summed E-state index contributed by atoms with van der Waals surface area (Å²) in [7, 11) is 6.85. The third-order valence-electron chi connectivity index (χ3n) is 5.29. The Morgan fingerprint density at radius 2 is 1.80 bits per heavy atom. The van der Waals surface area contributed by atoms with Crippen LogP contribution in [0.2, 0.25) is 0 Å². The number of hydrogen-bond donors (Lipinski definition) is 2. The average molecular weight is 413 g/mol. The van der Waals surface area contributed by atoms with Crippen LogP contribution in [0.5, 0.6) is 17.2 Å². The van der Waals surface area contributed by atoms with Gasteiger partial charge in [-0.05, 0) is 30.2 Å². The van der Waals surface area contributed by atoms with E-state index in [1.165, 1.54) is 5.56 Å². The number of nitrogens with zero attached hydrogens (tertiary/aromatic N) is 2. The van der Waals surface area contributed by atoms with E-state index < -0.39 is 0 Å². The van der Waals surface area contributed by atoms with Crippen molar-refractivity contribution in [2.45, 2.75) is 25.6 Å². The molecule has 0 spiro atoms. The second-order valence-electron chi connectivity index (χ2n) is 7.32. The van der Waals surface area contributed by atoms with Crippen LogP contribution >= 0.6 is 0 Å². The second kappa shape index (κ2) is 10.7. The van der Waals surface area contributed by atoms with E-state index in [1.54, 1.807) is 28.4 Å². The third-order valence-corrected chi connectivity index (χ3v) is 5.29. The van der Waals surface area contributed by atoms with Crippen LogP contribution in [0.4, 0.5) is 0 Å². The molecule has 0 saturated carbocycles. The van der Waals surface area contributed by atoms with E-state index in [-0.39, 0.29) is 0 Å². The van der Waals surface area contributed by atoms with Crippen LogP contribution in [-0.2, 0) is 13.1 Å². The van der Waals surface area contributed by atoms with Crippen molar-refractivity contribution in [3.8, 4) is 17.2 Å². The fourth-order valence-corrected chi connectivity index (χ4v) is 3.73. The topological polar surface area (TPSA) is 67.4 Å². The molecule has 30 heavy (non-hydrogen) atoms. The normalized spacial score (nSPS) is 16.9. The summed E-state index contributed by atoms with van der Waals surface area (Å²) >= 11 is 0. The Morgan fingerprint density at radius 1 is 1.07 bits per heavy atom. The number of rotatable bonds is 8. The van der Waals surface area contributed by atoms with Crippen LogP contribution < -0.4 is 24.8 Å². The van der Waals surface area contributed by atoms with Crippen molar-refractivity contribution in [1.82, 2.24) is 15.5 Å². The first kappa shape index (κ1) is 21.8. The van der Waals surface area contributed by atoms with Crippen LogP contribution in [-0.4, -0.2) is 58.4 Å². The number of likely N-dealkylation sites (tertiary alicyclic amines) is 1. The van der Waals surface area contributed by atoms with Gasteiger partial charge in [-0.3, -0.25) is 9.89 Å². The molecule has 1 atom stereocenters. The lowest BCUT2D eigenvalue weighted by Crippen LogP contribution is -2.44. The summed E-state index contributed by atoms with van der Waals surface area (Å²) in [5.41, 5.74) is 2.29. The van der Waals surface area contributed by atoms with E-state index in [2.05, 4.69) is 38.7 Å². The lowest BCUT2D eigenvalue weighted by molar-refractivity contribution is 0.321. The molecule has 0 bridgehead atoms. The van der Waals surface area contributed by atoms with Crippen molar-refractivity contribution in [3.63, 3.8) is 0 Å². The number of ether oxygens (including phenoxy) is 3. The van der Waals surface area contributed by atoms with Gasteiger partial charge in [-0.2, -0.15) is 0 Å². The van der Waals surface area contributed by atoms with Crippen molar-refractivity contribution in [2.24, 2.45) is 4.99 Å². The van der Waals surface area contributed by atoms with Crippen LogP contribution in [0.1, 0.15) is 17.5 Å². The molecule has 0 radical (unpaired) electrons. The summed E-state index contributed by atoms with van der Waals surface area (Å²) in [5, 5.41) is 6.93. The number of aliphatic imine (C=N–C) groups is 1. The van der Waals surface area contributed by atoms with Gasteiger partial charge < -0.3 is 24.8 Å². The molecular weight excluding hydrogens is 380 g/mol. The average Bonchev–Trinajstić information content (AvgIpc) is 3.22. The zero-order chi connectivity index (χ0) is 21.3. The fraction of sp³-hybridized carbons (Fsp3) is 0.435. The summed E-state index contributed by atoms with van der Waals surface area (Å²) < 4.78 is 16.2. The smallest absolute Gasteiger partial charge is 0.191 e. The molecule has 7 heteroatoms. The number of guanidine groups is 1. The first-order valence-corrected chi connectivity index (χ1v) is 10.2. The molecule has 162 valence electrons. The van der Waals surface area contributed by atoms with E-state index in [0.717, 1.165) is 54.8 Å². The molecular formula is C23H32N4O3. The molecule has 0 aliphatic carbocycles. The number of para-hydroxylation sites is 1. The minimum absolute atomic E-state index is 0.348. The Balaban J connectivity index is 1.52. The maximum atomic E-state index is 5.42. The SMILES string of the molecule is CN=C(NCc1ccccc1OC)NC1CCN(Cc2cc(OC)cc(OC)c2)C1. The van der Waals surface area contributed by atoms with Crippen molar-refractivity contribution >= 4 is 5.96 Å². The highest BCUT2D eigenvalue weighted by atomic mass is 16.5. The van der Waals surface area contributed by atoms with Crippen molar-refractivity contribution in [2.75, 3.05) is 41.5 Å². The Hall–Kier alpha value is -2.93. The van der Waals surface area contributed by atoms with Gasteiger partial charge in [-0.15, -0.1) is 0 Å². The molecule has 1 aliphatic heterocycles. The van der Waals surface area contributed by atoms with Gasteiger partial charge in [0.05, 0.1) is 21.3 Å². The number of hydrogen-bond acceptors (Lipinski definition) is 5. The zero-order valence-electron chi connectivity index (χ0n) is 18.3. The molecule has 0 amide bonds. The van der Waals surface area contributed by atoms with E-state index in [1.807, 2.05) is 24.3 Å². The maximum absolute atomic E-state index is 5.42. The highest BCUT2D eigenvalue weighted by molar-refractivity contribution is 5.80. The van der Waals surface area contributed by atoms with Gasteiger partial charge in [0, 0.05) is 50.9 Å². The van der Waals surface area contributed by atoms with Crippen LogP contribution in [0.3, 0.4) is 0 Å². The molecule has 1 saturated heterocycles. The molecule has 7 nitrogen and oxygen atoms in total. The number of methoxy groups -OCH3 is 3. The number of benzene rings is 2. The fourth-order valence-electron chi connectivity index (χ4n) is 3.73. The van der Waals surface area contributed by atoms with E-state index in [4.69, 9.17) is 14.2 Å². The van der Waals surface area contributed by atoms with Crippen molar-refractivity contribution in [1.29, 1.82) is 0 Å². The molecule has 0 aromatic heterocycles. The first-order valence-electron chi connectivity index (χ1n) is 10.2. The largest absolute Gasteiger partial charge is 0.497 e. The predicted molar refractivity (Wildman–Crippen MR) is 120 cm³/mol. The molecule has 1 heterocycles. The predicted octanol–water partition coefficient (Wildman–Crippen LogP) is 2.65. The highest BCUT2D eigenvalue weighted by Gasteiger charge is 2.23. The van der Waals surface area contributed by atoms with Gasteiger partial charge in [-0.1, -0.05) is 18.2 Å². The van der Waals surface area contributed by atoms with E-state index >= 15 is 0 Å². The van der Waals surface area contributed by atoms with E-state index in [0.29, 0.717) is 12.6 Å². The van der Waals surface area contributed by atoms with Crippen LogP contribution in [0.15, 0.2) is 47.5 Å². The monoisotopic (exact) mass is 412 g/mol. The van der Waals surface area contributed by atoms with Gasteiger partial charge in [0.25, 0.3) is 0 Å². The lowest BCUT2D eigenvalue weighted by Gasteiger charge is -2.20. The van der Waals surface area contributed by atoms with Gasteiger partial charge >= 0.3 is 0 Å². The Labute approximate surface area is 179 Å². The van der Waals surface area contributed by atoms with Gasteiger partial charge in [0.1, 0.15) is 17.2 Å². The second-order valence-corrected chi connectivity index (χ2v) is 7.32. The molecule has 3 rings (SSSR count). The minimum atomic E-state index is 0.348. The summed E-state index contributed by atoms with van der Waals surface area (Å²) in [6.45, 7) is 3.50. The molecule has 1 unspecified atom stereocenters. The van der Waals surface area contributed by atoms with E-state index in [9.17, 15) is 0 Å². The standard InChI is InChI=1S/C23H32N4O3/c1-24-23(25-14-18-7-5-6-8-22(18)30-4)26-19-9-10-27(16-19)15-17-11-20(28-2)13-21(12-17)29-3/h5-8,11-13,19H,9-10,14-16H2,1-4H3,(H2,24,25,26). The summed E-state index contributed by atoms with van der Waals surface area (Å²) in [4.78, 5) is 6.81. The maximum Gasteiger partial charge on any atom is 0.191 e. The zero-order valence-corrected chi connectivity index (χ0v) is 18.3. The summed E-state index contributed by atoms with van der Waals surface area (Å²) in [6, 6.07) is 14.4.